The second-order valence-electron chi connectivity index (χ2n) is 6.87. The number of para-hydroxylation sites is 1. The van der Waals surface area contributed by atoms with Crippen molar-refractivity contribution in [2.24, 2.45) is 0 Å². The highest BCUT2D eigenvalue weighted by Crippen LogP contribution is 2.33. The molecule has 1 aromatic heterocycles. The van der Waals surface area contributed by atoms with Crippen LogP contribution in [0.25, 0.3) is 0 Å². The Bertz CT molecular complexity index is 913. The van der Waals surface area contributed by atoms with Crippen molar-refractivity contribution in [2.75, 3.05) is 34.9 Å². The molecular formula is C18H22N4O2S. The van der Waals surface area contributed by atoms with Crippen molar-refractivity contribution < 1.29 is 8.42 Å². The summed E-state index contributed by atoms with van der Waals surface area (Å²) in [6.07, 6.45) is 1.64. The zero-order chi connectivity index (χ0) is 17.6. The predicted molar refractivity (Wildman–Crippen MR) is 99.4 cm³/mol. The van der Waals surface area contributed by atoms with E-state index in [1.54, 1.807) is 0 Å². The van der Waals surface area contributed by atoms with Gasteiger partial charge in [-0.05, 0) is 31.4 Å². The highest BCUT2D eigenvalue weighted by atomic mass is 32.2. The van der Waals surface area contributed by atoms with Crippen LogP contribution in [0.15, 0.2) is 30.3 Å². The number of hydrogen-bond donors (Lipinski definition) is 0. The molecule has 2 aliphatic heterocycles. The van der Waals surface area contributed by atoms with Crippen LogP contribution < -0.4 is 9.80 Å². The van der Waals surface area contributed by atoms with Gasteiger partial charge in [-0.3, -0.25) is 0 Å². The molecule has 0 spiro atoms. The number of fused-ring (bicyclic) bond motifs is 1. The minimum absolute atomic E-state index is 0.0157. The highest BCUT2D eigenvalue weighted by molar-refractivity contribution is 7.91. The fourth-order valence-electron chi connectivity index (χ4n) is 3.65. The molecule has 1 saturated heterocycles. The molecule has 0 N–H and O–H groups in total. The lowest BCUT2D eigenvalue weighted by Gasteiger charge is -2.26. The van der Waals surface area contributed by atoms with Crippen molar-refractivity contribution in [1.29, 1.82) is 0 Å². The zero-order valence-electron chi connectivity index (χ0n) is 14.5. The SMILES string of the molecule is Cc1cc(N(C)C2CCS(=O)(=O)C2)nc(N2CCc3ccccc32)n1. The average Bonchev–Trinajstić information content (AvgIpc) is 3.16. The van der Waals surface area contributed by atoms with Gasteiger partial charge >= 0.3 is 0 Å². The summed E-state index contributed by atoms with van der Waals surface area (Å²) < 4.78 is 23.6. The van der Waals surface area contributed by atoms with E-state index >= 15 is 0 Å². The molecule has 3 heterocycles. The standard InChI is InChI=1S/C18H22N4O2S/c1-13-11-17(21(2)15-8-10-25(23,24)12-15)20-18(19-13)22-9-7-14-5-3-4-6-16(14)22/h3-6,11,15H,7-10,12H2,1-2H3. The third-order valence-electron chi connectivity index (χ3n) is 5.07. The fraction of sp³-hybridized carbons (Fsp3) is 0.444. The molecule has 0 amide bonds. The minimum atomic E-state index is -2.92. The molecule has 2 aliphatic rings. The van der Waals surface area contributed by atoms with Gasteiger partial charge in [-0.15, -0.1) is 0 Å². The van der Waals surface area contributed by atoms with Gasteiger partial charge in [-0.2, -0.15) is 4.98 Å². The number of sulfone groups is 1. The molecule has 25 heavy (non-hydrogen) atoms. The smallest absolute Gasteiger partial charge is 0.232 e. The lowest BCUT2D eigenvalue weighted by atomic mass is 10.2. The second kappa shape index (κ2) is 5.98. The minimum Gasteiger partial charge on any atom is -0.355 e. The van der Waals surface area contributed by atoms with Gasteiger partial charge in [-0.25, -0.2) is 13.4 Å². The van der Waals surface area contributed by atoms with Crippen LogP contribution >= 0.6 is 0 Å². The number of nitrogens with zero attached hydrogens (tertiary/aromatic N) is 4. The normalized spacial score (nSPS) is 21.4. The number of anilines is 3. The molecule has 0 saturated carbocycles. The Morgan fingerprint density at radius 3 is 2.80 bits per heavy atom. The first-order valence-electron chi connectivity index (χ1n) is 8.57. The molecule has 132 valence electrons. The molecule has 4 rings (SSSR count). The van der Waals surface area contributed by atoms with E-state index in [9.17, 15) is 8.42 Å². The van der Waals surface area contributed by atoms with Gasteiger partial charge < -0.3 is 9.80 Å². The number of aromatic nitrogens is 2. The van der Waals surface area contributed by atoms with Gasteiger partial charge in [0.05, 0.1) is 11.5 Å². The number of benzene rings is 1. The summed E-state index contributed by atoms with van der Waals surface area (Å²) in [5.41, 5.74) is 3.35. The molecule has 6 nitrogen and oxygen atoms in total. The van der Waals surface area contributed by atoms with Crippen LogP contribution in [0.2, 0.25) is 0 Å². The number of hydrogen-bond acceptors (Lipinski definition) is 6. The van der Waals surface area contributed by atoms with E-state index in [4.69, 9.17) is 4.98 Å². The Morgan fingerprint density at radius 1 is 1.24 bits per heavy atom. The maximum atomic E-state index is 11.8. The summed E-state index contributed by atoms with van der Waals surface area (Å²) in [5.74, 6) is 1.94. The van der Waals surface area contributed by atoms with E-state index in [1.165, 1.54) is 5.56 Å². The summed E-state index contributed by atoms with van der Waals surface area (Å²) in [5, 5.41) is 0. The maximum absolute atomic E-state index is 11.8. The molecule has 1 unspecified atom stereocenters. The summed E-state index contributed by atoms with van der Waals surface area (Å²) in [6.45, 7) is 2.82. The van der Waals surface area contributed by atoms with Gasteiger partial charge in [0, 0.05) is 37.1 Å². The summed E-state index contributed by atoms with van der Waals surface area (Å²) in [6, 6.07) is 10.2. The van der Waals surface area contributed by atoms with Crippen LogP contribution in [-0.2, 0) is 16.3 Å². The Balaban J connectivity index is 1.66. The van der Waals surface area contributed by atoms with Crippen molar-refractivity contribution in [3.8, 4) is 0 Å². The first-order chi connectivity index (χ1) is 11.9. The van der Waals surface area contributed by atoms with Crippen molar-refractivity contribution in [3.05, 3.63) is 41.6 Å². The molecule has 2 aromatic rings. The van der Waals surface area contributed by atoms with Crippen LogP contribution in [0.1, 0.15) is 17.7 Å². The first-order valence-corrected chi connectivity index (χ1v) is 10.4. The van der Waals surface area contributed by atoms with Crippen molar-refractivity contribution in [1.82, 2.24) is 9.97 Å². The summed E-state index contributed by atoms with van der Waals surface area (Å²) >= 11 is 0. The van der Waals surface area contributed by atoms with Crippen LogP contribution in [0.5, 0.6) is 0 Å². The monoisotopic (exact) mass is 358 g/mol. The van der Waals surface area contributed by atoms with Crippen LogP contribution in [0.4, 0.5) is 17.5 Å². The lowest BCUT2D eigenvalue weighted by molar-refractivity contribution is 0.600. The second-order valence-corrected chi connectivity index (χ2v) is 9.09. The van der Waals surface area contributed by atoms with E-state index in [0.717, 1.165) is 30.2 Å². The maximum Gasteiger partial charge on any atom is 0.232 e. The van der Waals surface area contributed by atoms with E-state index in [2.05, 4.69) is 28.1 Å². The molecule has 1 aromatic carbocycles. The topological polar surface area (TPSA) is 66.4 Å². The largest absolute Gasteiger partial charge is 0.355 e. The van der Waals surface area contributed by atoms with Gasteiger partial charge in [0.2, 0.25) is 5.95 Å². The average molecular weight is 358 g/mol. The number of rotatable bonds is 3. The fourth-order valence-corrected chi connectivity index (χ4v) is 5.43. The van der Waals surface area contributed by atoms with E-state index in [0.29, 0.717) is 12.4 Å². The highest BCUT2D eigenvalue weighted by Gasteiger charge is 2.32. The molecule has 7 heteroatoms. The van der Waals surface area contributed by atoms with Gasteiger partial charge in [-0.1, -0.05) is 18.2 Å². The predicted octanol–water partition coefficient (Wildman–Crippen LogP) is 2.10. The summed E-state index contributed by atoms with van der Waals surface area (Å²) in [4.78, 5) is 13.5. The van der Waals surface area contributed by atoms with Crippen molar-refractivity contribution in [2.45, 2.75) is 25.8 Å². The Kier molecular flexibility index (Phi) is 3.91. The Morgan fingerprint density at radius 2 is 2.04 bits per heavy atom. The van der Waals surface area contributed by atoms with Crippen molar-refractivity contribution >= 4 is 27.3 Å². The molecule has 0 bridgehead atoms. The lowest BCUT2D eigenvalue weighted by Crippen LogP contribution is -2.33. The quantitative estimate of drug-likeness (QED) is 0.837. The van der Waals surface area contributed by atoms with Gasteiger partial charge in [0.15, 0.2) is 9.84 Å². The number of aryl methyl sites for hydroxylation is 1. The van der Waals surface area contributed by atoms with Crippen LogP contribution in [0, 0.1) is 6.92 Å². The molecule has 0 aliphatic carbocycles. The van der Waals surface area contributed by atoms with Gasteiger partial charge in [0.25, 0.3) is 0 Å². The molecule has 0 radical (unpaired) electrons. The Labute approximate surface area is 148 Å². The van der Waals surface area contributed by atoms with Crippen LogP contribution in [-0.4, -0.2) is 49.5 Å². The van der Waals surface area contributed by atoms with Gasteiger partial charge in [0.1, 0.15) is 5.82 Å². The third kappa shape index (κ3) is 3.08. The first kappa shape index (κ1) is 16.3. The third-order valence-corrected chi connectivity index (χ3v) is 6.83. The van der Waals surface area contributed by atoms with E-state index in [-0.39, 0.29) is 17.5 Å². The zero-order valence-corrected chi connectivity index (χ0v) is 15.3. The molecule has 1 atom stereocenters. The van der Waals surface area contributed by atoms with E-state index < -0.39 is 9.84 Å². The van der Waals surface area contributed by atoms with Crippen LogP contribution in [0.3, 0.4) is 0 Å². The summed E-state index contributed by atoms with van der Waals surface area (Å²) in [7, 11) is -0.994. The van der Waals surface area contributed by atoms with E-state index in [1.807, 2.05) is 31.0 Å². The molecule has 1 fully saturated rings. The molecular weight excluding hydrogens is 336 g/mol. The van der Waals surface area contributed by atoms with Crippen molar-refractivity contribution in [3.63, 3.8) is 0 Å². The Hall–Kier alpha value is -2.15.